The summed E-state index contributed by atoms with van der Waals surface area (Å²) in [5.74, 6) is -1.84. The average molecular weight is 349 g/mol. The highest BCUT2D eigenvalue weighted by atomic mass is 19.1. The fourth-order valence-electron chi connectivity index (χ4n) is 2.69. The number of ether oxygens (including phenoxy) is 1. The van der Waals surface area contributed by atoms with Gasteiger partial charge < -0.3 is 20.7 Å². The lowest BCUT2D eigenvalue weighted by Gasteiger charge is -2.17. The van der Waals surface area contributed by atoms with E-state index in [2.05, 4.69) is 4.98 Å². The van der Waals surface area contributed by atoms with Gasteiger partial charge in [0.15, 0.2) is 23.6 Å². The number of aliphatic hydroxyl groups excluding tert-OH is 2. The summed E-state index contributed by atoms with van der Waals surface area (Å²) in [6.07, 6.45) is -4.86. The van der Waals surface area contributed by atoms with Crippen LogP contribution >= 0.6 is 0 Å². The summed E-state index contributed by atoms with van der Waals surface area (Å²) >= 11 is 0. The smallest absolute Gasteiger partial charge is 0.351 e. The van der Waals surface area contributed by atoms with Gasteiger partial charge in [-0.1, -0.05) is 30.3 Å². The van der Waals surface area contributed by atoms with Gasteiger partial charge in [0.25, 0.3) is 0 Å². The Morgan fingerprint density at radius 1 is 1.28 bits per heavy atom. The van der Waals surface area contributed by atoms with E-state index in [1.807, 2.05) is 0 Å². The van der Waals surface area contributed by atoms with Crippen LogP contribution in [0.3, 0.4) is 0 Å². The Morgan fingerprint density at radius 2 is 1.96 bits per heavy atom. The monoisotopic (exact) mass is 349 g/mol. The van der Waals surface area contributed by atoms with E-state index >= 15 is 0 Å². The van der Waals surface area contributed by atoms with Gasteiger partial charge in [0, 0.05) is 12.0 Å². The molecule has 1 aromatic heterocycles. The number of aromatic nitrogens is 2. The van der Waals surface area contributed by atoms with E-state index in [0.29, 0.717) is 10.1 Å². The first kappa shape index (κ1) is 17.2. The topological polar surface area (TPSA) is 128 Å². The maximum absolute atomic E-state index is 13.6. The lowest BCUT2D eigenvalue weighted by molar-refractivity contribution is -0.0401. The Hall–Kier alpha value is -2.62. The standard InChI is InChI=1S/C16H16FN3O5/c17-9-7-20(16(24)19-14(9)18)15-13(23)12(22)11(25-15)6-10(21)8-4-2-1-3-5-8/h1-5,7,11-13,15,22-23H,6H2,(H2,18,19,24)/t11-,12?,13?,15-/m1/s1. The highest BCUT2D eigenvalue weighted by Gasteiger charge is 2.45. The molecule has 3 rings (SSSR count). The predicted molar refractivity (Wildman–Crippen MR) is 84.2 cm³/mol. The number of nitrogens with zero attached hydrogens (tertiary/aromatic N) is 2. The molecule has 132 valence electrons. The summed E-state index contributed by atoms with van der Waals surface area (Å²) in [5, 5.41) is 20.2. The van der Waals surface area contributed by atoms with Gasteiger partial charge in [0.05, 0.1) is 12.3 Å². The second kappa shape index (κ2) is 6.71. The number of benzene rings is 1. The highest BCUT2D eigenvalue weighted by Crippen LogP contribution is 2.31. The zero-order chi connectivity index (χ0) is 18.1. The molecule has 4 N–H and O–H groups in total. The molecule has 2 aromatic rings. The van der Waals surface area contributed by atoms with Crippen molar-refractivity contribution in [1.82, 2.24) is 9.55 Å². The summed E-state index contributed by atoms with van der Waals surface area (Å²) in [7, 11) is 0. The third kappa shape index (κ3) is 3.29. The third-order valence-corrected chi connectivity index (χ3v) is 4.03. The Kier molecular flexibility index (Phi) is 4.62. The molecule has 0 radical (unpaired) electrons. The number of nitrogen functional groups attached to an aromatic ring is 1. The maximum atomic E-state index is 13.6. The summed E-state index contributed by atoms with van der Waals surface area (Å²) in [6.45, 7) is 0. The predicted octanol–water partition coefficient (Wildman–Crippen LogP) is -0.143. The van der Waals surface area contributed by atoms with Crippen molar-refractivity contribution in [3.63, 3.8) is 0 Å². The van der Waals surface area contributed by atoms with Crippen LogP contribution in [0, 0.1) is 5.82 Å². The Labute approximate surface area is 141 Å². The van der Waals surface area contributed by atoms with Crippen molar-refractivity contribution in [2.75, 3.05) is 5.73 Å². The van der Waals surface area contributed by atoms with Crippen LogP contribution in [0.2, 0.25) is 0 Å². The minimum Gasteiger partial charge on any atom is -0.388 e. The first-order valence-corrected chi connectivity index (χ1v) is 7.52. The molecular weight excluding hydrogens is 333 g/mol. The number of Topliss-reactive ketones (excluding diaryl/α,β-unsaturated/α-hetero) is 1. The summed E-state index contributed by atoms with van der Waals surface area (Å²) in [4.78, 5) is 27.4. The zero-order valence-corrected chi connectivity index (χ0v) is 12.9. The van der Waals surface area contributed by atoms with E-state index in [-0.39, 0.29) is 12.2 Å². The number of anilines is 1. The lowest BCUT2D eigenvalue weighted by Crippen LogP contribution is -2.36. The highest BCUT2D eigenvalue weighted by molar-refractivity contribution is 5.96. The molecule has 4 atom stereocenters. The van der Waals surface area contributed by atoms with Crippen molar-refractivity contribution in [3.05, 3.63) is 58.4 Å². The minimum absolute atomic E-state index is 0.210. The number of aliphatic hydroxyl groups is 2. The van der Waals surface area contributed by atoms with Crippen LogP contribution < -0.4 is 11.4 Å². The molecule has 0 bridgehead atoms. The molecule has 0 spiro atoms. The molecule has 0 saturated carbocycles. The molecule has 9 heteroatoms. The first-order valence-electron chi connectivity index (χ1n) is 7.52. The molecular formula is C16H16FN3O5. The van der Waals surface area contributed by atoms with Crippen molar-refractivity contribution in [3.8, 4) is 0 Å². The Bertz CT molecular complexity index is 841. The maximum Gasteiger partial charge on any atom is 0.351 e. The van der Waals surface area contributed by atoms with Gasteiger partial charge >= 0.3 is 5.69 Å². The van der Waals surface area contributed by atoms with Gasteiger partial charge in [0.1, 0.15) is 12.2 Å². The molecule has 1 saturated heterocycles. The molecule has 2 unspecified atom stereocenters. The molecule has 1 fully saturated rings. The number of ketones is 1. The van der Waals surface area contributed by atoms with Crippen LogP contribution in [-0.4, -0.2) is 43.9 Å². The number of carbonyl (C=O) groups excluding carboxylic acids is 1. The van der Waals surface area contributed by atoms with Crippen molar-refractivity contribution >= 4 is 11.6 Å². The van der Waals surface area contributed by atoms with Crippen molar-refractivity contribution in [2.45, 2.75) is 31.0 Å². The van der Waals surface area contributed by atoms with Crippen molar-refractivity contribution < 1.29 is 24.1 Å². The quantitative estimate of drug-likeness (QED) is 0.655. The number of halogens is 1. The van der Waals surface area contributed by atoms with Gasteiger partial charge in [-0.15, -0.1) is 0 Å². The molecule has 1 aliphatic heterocycles. The normalized spacial score (nSPS) is 25.9. The number of nitrogens with two attached hydrogens (primary N) is 1. The SMILES string of the molecule is Nc1nc(=O)n([C@@H]2O[C@H](CC(=O)c3ccccc3)C(O)C2O)cc1F. The van der Waals surface area contributed by atoms with E-state index < -0.39 is 41.9 Å². The van der Waals surface area contributed by atoms with Crippen LogP contribution in [0.15, 0.2) is 41.3 Å². The van der Waals surface area contributed by atoms with Crippen LogP contribution in [-0.2, 0) is 4.74 Å². The van der Waals surface area contributed by atoms with Crippen LogP contribution in [0.1, 0.15) is 23.0 Å². The van der Waals surface area contributed by atoms with Crippen LogP contribution in [0.5, 0.6) is 0 Å². The second-order valence-electron chi connectivity index (χ2n) is 5.70. The Morgan fingerprint density at radius 3 is 2.64 bits per heavy atom. The molecule has 1 aliphatic rings. The van der Waals surface area contributed by atoms with Gasteiger partial charge in [-0.05, 0) is 0 Å². The van der Waals surface area contributed by atoms with E-state index in [0.717, 1.165) is 6.20 Å². The van der Waals surface area contributed by atoms with E-state index in [9.17, 15) is 24.2 Å². The molecule has 0 aliphatic carbocycles. The lowest BCUT2D eigenvalue weighted by atomic mass is 10.0. The largest absolute Gasteiger partial charge is 0.388 e. The van der Waals surface area contributed by atoms with Crippen LogP contribution in [0.25, 0.3) is 0 Å². The molecule has 25 heavy (non-hydrogen) atoms. The number of hydrogen-bond acceptors (Lipinski definition) is 7. The molecule has 2 heterocycles. The van der Waals surface area contributed by atoms with Crippen LogP contribution in [0.4, 0.5) is 10.2 Å². The number of hydrogen-bond donors (Lipinski definition) is 3. The average Bonchev–Trinajstić information content (AvgIpc) is 2.87. The Balaban J connectivity index is 1.81. The van der Waals surface area contributed by atoms with Gasteiger partial charge in [-0.2, -0.15) is 4.98 Å². The number of carbonyl (C=O) groups is 1. The summed E-state index contributed by atoms with van der Waals surface area (Å²) in [5.41, 5.74) is 4.70. The van der Waals surface area contributed by atoms with E-state index in [4.69, 9.17) is 10.5 Å². The fourth-order valence-corrected chi connectivity index (χ4v) is 2.69. The van der Waals surface area contributed by atoms with Crippen molar-refractivity contribution in [2.24, 2.45) is 0 Å². The summed E-state index contributed by atoms with van der Waals surface area (Å²) in [6, 6.07) is 8.37. The molecule has 8 nitrogen and oxygen atoms in total. The molecule has 1 aromatic carbocycles. The van der Waals surface area contributed by atoms with Gasteiger partial charge in [-0.3, -0.25) is 9.36 Å². The fraction of sp³-hybridized carbons (Fsp3) is 0.312. The third-order valence-electron chi connectivity index (χ3n) is 4.03. The van der Waals surface area contributed by atoms with Gasteiger partial charge in [-0.25, -0.2) is 9.18 Å². The van der Waals surface area contributed by atoms with E-state index in [1.54, 1.807) is 30.3 Å². The summed E-state index contributed by atoms with van der Waals surface area (Å²) < 4.78 is 19.7. The minimum atomic E-state index is -1.53. The zero-order valence-electron chi connectivity index (χ0n) is 12.9. The van der Waals surface area contributed by atoms with Crippen molar-refractivity contribution in [1.29, 1.82) is 0 Å². The molecule has 0 amide bonds. The second-order valence-corrected chi connectivity index (χ2v) is 5.70. The van der Waals surface area contributed by atoms with E-state index in [1.165, 1.54) is 0 Å². The van der Waals surface area contributed by atoms with Gasteiger partial charge in [0.2, 0.25) is 0 Å². The number of rotatable bonds is 4. The first-order chi connectivity index (χ1) is 11.9.